The van der Waals surface area contributed by atoms with Gasteiger partial charge in [-0.3, -0.25) is 4.98 Å². The van der Waals surface area contributed by atoms with Gasteiger partial charge in [-0.05, 0) is 12.1 Å². The normalized spacial score (nSPS) is 10.1. The molecule has 0 radical (unpaired) electrons. The van der Waals surface area contributed by atoms with Crippen LogP contribution < -0.4 is 10.6 Å². The van der Waals surface area contributed by atoms with Crippen molar-refractivity contribution in [2.75, 3.05) is 24.2 Å². The Balaban J connectivity index is 2.21. The minimum Gasteiger partial charge on any atom is -0.382 e. The van der Waals surface area contributed by atoms with E-state index in [1.165, 1.54) is 6.20 Å². The average molecular weight is 242 g/mol. The van der Waals surface area contributed by atoms with E-state index in [0.29, 0.717) is 12.4 Å². The summed E-state index contributed by atoms with van der Waals surface area (Å²) in [5.41, 5.74) is 8.21. The molecule has 1 heterocycles. The van der Waals surface area contributed by atoms with Crippen molar-refractivity contribution >= 4 is 17.8 Å². The van der Waals surface area contributed by atoms with Crippen LogP contribution in [0.3, 0.4) is 0 Å². The monoisotopic (exact) mass is 242 g/mol. The summed E-state index contributed by atoms with van der Waals surface area (Å²) in [6.07, 6.45) is 4.04. The quantitative estimate of drug-likeness (QED) is 0.819. The van der Waals surface area contributed by atoms with Gasteiger partial charge in [0.05, 0.1) is 24.6 Å². The maximum atomic E-state index is 10.4. The van der Waals surface area contributed by atoms with Gasteiger partial charge in [0.15, 0.2) is 0 Å². The third-order valence-corrected chi connectivity index (χ3v) is 2.62. The van der Waals surface area contributed by atoms with E-state index in [1.54, 1.807) is 6.20 Å². The summed E-state index contributed by atoms with van der Waals surface area (Å²) in [7, 11) is 1.87. The number of hydrogen-bond donors (Lipinski definition) is 1. The largest absolute Gasteiger partial charge is 0.382 e. The Morgan fingerprint density at radius 3 is 2.50 bits per heavy atom. The lowest BCUT2D eigenvalue weighted by Crippen LogP contribution is -2.18. The molecule has 0 aliphatic heterocycles. The molecule has 1 aromatic carbocycles. The molecule has 2 aromatic rings. The molecule has 0 fully saturated rings. The van der Waals surface area contributed by atoms with Crippen LogP contribution >= 0.6 is 0 Å². The molecule has 0 aliphatic rings. The number of hydrogen-bond acceptors (Lipinski definition) is 5. The van der Waals surface area contributed by atoms with E-state index in [1.807, 2.05) is 36.2 Å². The Labute approximate surface area is 105 Å². The third kappa shape index (κ3) is 2.63. The zero-order chi connectivity index (χ0) is 13.0. The van der Waals surface area contributed by atoms with Crippen molar-refractivity contribution in [3.05, 3.63) is 36.7 Å². The summed E-state index contributed by atoms with van der Waals surface area (Å²) in [5, 5.41) is 0. The first-order chi connectivity index (χ1) is 8.70. The Morgan fingerprint density at radius 1 is 1.22 bits per heavy atom. The van der Waals surface area contributed by atoms with Crippen LogP contribution in [0, 0.1) is 0 Å². The summed E-state index contributed by atoms with van der Waals surface area (Å²) < 4.78 is 0. The number of nitrogens with two attached hydrogens (primary N) is 1. The van der Waals surface area contributed by atoms with Crippen molar-refractivity contribution in [1.82, 2.24) is 9.97 Å². The lowest BCUT2D eigenvalue weighted by atomic mass is 10.1. The molecular weight excluding hydrogens is 228 g/mol. The van der Waals surface area contributed by atoms with Gasteiger partial charge in [0, 0.05) is 18.3 Å². The van der Waals surface area contributed by atoms with Crippen LogP contribution in [-0.4, -0.2) is 29.8 Å². The zero-order valence-electron chi connectivity index (χ0n) is 10.1. The first-order valence-corrected chi connectivity index (χ1v) is 5.53. The van der Waals surface area contributed by atoms with Crippen molar-refractivity contribution in [1.29, 1.82) is 0 Å². The van der Waals surface area contributed by atoms with Gasteiger partial charge in [0.25, 0.3) is 0 Å². The summed E-state index contributed by atoms with van der Waals surface area (Å²) >= 11 is 0. The summed E-state index contributed by atoms with van der Waals surface area (Å²) in [4.78, 5) is 20.5. The van der Waals surface area contributed by atoms with Gasteiger partial charge in [-0.2, -0.15) is 0 Å². The zero-order valence-corrected chi connectivity index (χ0v) is 10.1. The van der Waals surface area contributed by atoms with Gasteiger partial charge in [-0.25, -0.2) is 4.98 Å². The van der Waals surface area contributed by atoms with Crippen LogP contribution in [0.5, 0.6) is 0 Å². The molecule has 0 atom stereocenters. The molecule has 1 aromatic heterocycles. The minimum atomic E-state index is 0.376. The van der Waals surface area contributed by atoms with E-state index in [9.17, 15) is 4.79 Å². The van der Waals surface area contributed by atoms with Crippen LogP contribution in [0.1, 0.15) is 0 Å². The molecule has 0 saturated carbocycles. The van der Waals surface area contributed by atoms with E-state index < -0.39 is 0 Å². The number of rotatable bonds is 4. The van der Waals surface area contributed by atoms with Crippen LogP contribution in [-0.2, 0) is 4.79 Å². The van der Waals surface area contributed by atoms with Crippen LogP contribution in [0.2, 0.25) is 0 Å². The predicted octanol–water partition coefficient (Wildman–Crippen LogP) is 1.36. The molecule has 92 valence electrons. The lowest BCUT2D eigenvalue weighted by molar-refractivity contribution is -0.106. The van der Waals surface area contributed by atoms with Crippen molar-refractivity contribution in [2.24, 2.45) is 0 Å². The fourth-order valence-corrected chi connectivity index (χ4v) is 1.59. The van der Waals surface area contributed by atoms with Gasteiger partial charge >= 0.3 is 0 Å². The Kier molecular flexibility index (Phi) is 3.52. The number of nitrogen functional groups attached to an aromatic ring is 1. The number of aldehydes is 1. The minimum absolute atomic E-state index is 0.376. The van der Waals surface area contributed by atoms with Crippen LogP contribution in [0.25, 0.3) is 11.3 Å². The Bertz CT molecular complexity index is 522. The van der Waals surface area contributed by atoms with Crippen molar-refractivity contribution in [3.8, 4) is 11.3 Å². The number of aromatic nitrogens is 2. The third-order valence-electron chi connectivity index (χ3n) is 2.62. The summed E-state index contributed by atoms with van der Waals surface area (Å²) in [6.45, 7) is 0.376. The molecule has 0 spiro atoms. The molecule has 5 nitrogen and oxygen atoms in total. The molecule has 0 amide bonds. The molecule has 0 unspecified atom stereocenters. The number of carbonyl (C=O) groups excluding carboxylic acids is 1. The first-order valence-electron chi connectivity index (χ1n) is 5.53. The molecule has 5 heteroatoms. The number of benzene rings is 1. The van der Waals surface area contributed by atoms with Crippen molar-refractivity contribution in [3.63, 3.8) is 0 Å². The molecule has 2 rings (SSSR count). The predicted molar refractivity (Wildman–Crippen MR) is 71.2 cm³/mol. The molecule has 2 N–H and O–H groups in total. The van der Waals surface area contributed by atoms with E-state index in [2.05, 4.69) is 9.97 Å². The van der Waals surface area contributed by atoms with E-state index >= 15 is 0 Å². The average Bonchev–Trinajstić information content (AvgIpc) is 2.40. The maximum absolute atomic E-state index is 10.4. The molecule has 18 heavy (non-hydrogen) atoms. The molecular formula is C13H14N4O. The second-order valence-corrected chi connectivity index (χ2v) is 3.92. The number of anilines is 2. The second kappa shape index (κ2) is 5.27. The van der Waals surface area contributed by atoms with E-state index in [0.717, 1.165) is 23.2 Å². The van der Waals surface area contributed by atoms with Gasteiger partial charge in [-0.1, -0.05) is 12.1 Å². The summed E-state index contributed by atoms with van der Waals surface area (Å²) in [6, 6.07) is 7.77. The van der Waals surface area contributed by atoms with Gasteiger partial charge in [-0.15, -0.1) is 0 Å². The van der Waals surface area contributed by atoms with Crippen LogP contribution in [0.4, 0.5) is 11.5 Å². The van der Waals surface area contributed by atoms with Gasteiger partial charge < -0.3 is 15.4 Å². The second-order valence-electron chi connectivity index (χ2n) is 3.92. The maximum Gasteiger partial charge on any atom is 0.141 e. The Hall–Kier alpha value is -2.43. The van der Waals surface area contributed by atoms with E-state index in [-0.39, 0.29) is 0 Å². The number of carbonyl (C=O) groups is 1. The highest BCUT2D eigenvalue weighted by molar-refractivity contribution is 5.65. The smallest absolute Gasteiger partial charge is 0.141 e. The summed E-state index contributed by atoms with van der Waals surface area (Å²) in [5.74, 6) is 0.404. The SMILES string of the molecule is CN(CC=O)c1ccc(-c2cnc(N)cn2)cc1. The number of nitrogens with zero attached hydrogens (tertiary/aromatic N) is 3. The fourth-order valence-electron chi connectivity index (χ4n) is 1.59. The standard InChI is InChI=1S/C13H14N4O/c1-17(6-7-18)11-4-2-10(3-5-11)12-8-16-13(14)9-15-12/h2-5,7-9H,6H2,1H3,(H2,14,16). The Morgan fingerprint density at radius 2 is 1.94 bits per heavy atom. The van der Waals surface area contributed by atoms with Crippen molar-refractivity contribution in [2.45, 2.75) is 0 Å². The topological polar surface area (TPSA) is 72.1 Å². The molecule has 0 aliphatic carbocycles. The lowest BCUT2D eigenvalue weighted by Gasteiger charge is -2.16. The van der Waals surface area contributed by atoms with Gasteiger partial charge in [0.2, 0.25) is 0 Å². The van der Waals surface area contributed by atoms with Crippen molar-refractivity contribution < 1.29 is 4.79 Å². The fraction of sp³-hybridized carbons (Fsp3) is 0.154. The van der Waals surface area contributed by atoms with Crippen LogP contribution in [0.15, 0.2) is 36.7 Å². The van der Waals surface area contributed by atoms with E-state index in [4.69, 9.17) is 5.73 Å². The highest BCUT2D eigenvalue weighted by Gasteiger charge is 2.02. The van der Waals surface area contributed by atoms with Gasteiger partial charge in [0.1, 0.15) is 12.1 Å². The highest BCUT2D eigenvalue weighted by Crippen LogP contribution is 2.20. The molecule has 0 bridgehead atoms. The molecule has 0 saturated heterocycles. The highest BCUT2D eigenvalue weighted by atomic mass is 16.1. The first kappa shape index (κ1) is 12.0. The number of likely N-dealkylation sites (N-methyl/N-ethyl adjacent to an activating group) is 1.